The van der Waals surface area contributed by atoms with Gasteiger partial charge in [0.05, 0.1) is 18.0 Å². The van der Waals surface area contributed by atoms with Gasteiger partial charge in [-0.2, -0.15) is 0 Å². The standard InChI is InChI=1S/C14H15F2NO/c1-3-12(14-5-4-6-18-14)17-13-8-10(15)9(2)7-11(13)16/h4-8,12,17H,3H2,1-2H3. The largest absolute Gasteiger partial charge is 0.467 e. The van der Waals surface area contributed by atoms with Crippen molar-refractivity contribution in [3.63, 3.8) is 0 Å². The van der Waals surface area contributed by atoms with E-state index in [0.717, 1.165) is 0 Å². The molecule has 0 amide bonds. The second-order valence-corrected chi connectivity index (χ2v) is 4.20. The molecule has 0 bridgehead atoms. The highest BCUT2D eigenvalue weighted by molar-refractivity contribution is 5.48. The van der Waals surface area contributed by atoms with Crippen molar-refractivity contribution in [3.05, 3.63) is 53.5 Å². The minimum Gasteiger partial charge on any atom is -0.467 e. The van der Waals surface area contributed by atoms with Crippen molar-refractivity contribution in [3.8, 4) is 0 Å². The summed E-state index contributed by atoms with van der Waals surface area (Å²) in [6, 6.07) is 5.77. The van der Waals surface area contributed by atoms with E-state index in [4.69, 9.17) is 4.42 Å². The molecular formula is C14H15F2NO. The van der Waals surface area contributed by atoms with Gasteiger partial charge in [-0.25, -0.2) is 8.78 Å². The van der Waals surface area contributed by atoms with Gasteiger partial charge in [0.2, 0.25) is 0 Å². The summed E-state index contributed by atoms with van der Waals surface area (Å²) in [4.78, 5) is 0. The van der Waals surface area contributed by atoms with E-state index in [-0.39, 0.29) is 11.7 Å². The molecule has 1 N–H and O–H groups in total. The Kier molecular flexibility index (Phi) is 3.65. The summed E-state index contributed by atoms with van der Waals surface area (Å²) in [7, 11) is 0. The van der Waals surface area contributed by atoms with Crippen LogP contribution in [-0.4, -0.2) is 0 Å². The molecule has 4 heteroatoms. The van der Waals surface area contributed by atoms with Gasteiger partial charge in [-0.1, -0.05) is 6.92 Å². The Bertz CT molecular complexity index is 523. The summed E-state index contributed by atoms with van der Waals surface area (Å²) in [5.74, 6) is -0.176. The first-order valence-electron chi connectivity index (χ1n) is 5.87. The third-order valence-corrected chi connectivity index (χ3v) is 2.87. The van der Waals surface area contributed by atoms with Crippen LogP contribution in [-0.2, 0) is 0 Å². The fraction of sp³-hybridized carbons (Fsp3) is 0.286. The van der Waals surface area contributed by atoms with Crippen molar-refractivity contribution >= 4 is 5.69 Å². The molecule has 0 aliphatic heterocycles. The number of halogens is 2. The third-order valence-electron chi connectivity index (χ3n) is 2.87. The van der Waals surface area contributed by atoms with E-state index in [2.05, 4.69) is 5.32 Å². The van der Waals surface area contributed by atoms with Gasteiger partial charge in [-0.15, -0.1) is 0 Å². The third kappa shape index (κ3) is 2.53. The Hall–Kier alpha value is -1.84. The van der Waals surface area contributed by atoms with Crippen molar-refractivity contribution in [2.75, 3.05) is 5.32 Å². The lowest BCUT2D eigenvalue weighted by Crippen LogP contribution is -2.10. The number of hydrogen-bond donors (Lipinski definition) is 1. The molecule has 0 aliphatic carbocycles. The lowest BCUT2D eigenvalue weighted by Gasteiger charge is -2.17. The van der Waals surface area contributed by atoms with Crippen molar-refractivity contribution in [2.45, 2.75) is 26.3 Å². The van der Waals surface area contributed by atoms with E-state index < -0.39 is 11.6 Å². The first-order chi connectivity index (χ1) is 8.61. The summed E-state index contributed by atoms with van der Waals surface area (Å²) < 4.78 is 32.4. The van der Waals surface area contributed by atoms with Crippen LogP contribution in [0.3, 0.4) is 0 Å². The van der Waals surface area contributed by atoms with E-state index in [1.165, 1.54) is 19.1 Å². The van der Waals surface area contributed by atoms with Gasteiger partial charge in [-0.3, -0.25) is 0 Å². The zero-order chi connectivity index (χ0) is 13.1. The number of rotatable bonds is 4. The van der Waals surface area contributed by atoms with Crippen LogP contribution in [0, 0.1) is 18.6 Å². The molecule has 1 heterocycles. The van der Waals surface area contributed by atoms with Gasteiger partial charge < -0.3 is 9.73 Å². The van der Waals surface area contributed by atoms with Crippen molar-refractivity contribution < 1.29 is 13.2 Å². The SMILES string of the molecule is CCC(Nc1cc(F)c(C)cc1F)c1ccco1. The van der Waals surface area contributed by atoms with Gasteiger partial charge in [0.1, 0.15) is 17.4 Å². The molecule has 0 aliphatic rings. The van der Waals surface area contributed by atoms with E-state index >= 15 is 0 Å². The fourth-order valence-corrected chi connectivity index (χ4v) is 1.81. The molecule has 2 rings (SSSR count). The van der Waals surface area contributed by atoms with E-state index in [1.807, 2.05) is 13.0 Å². The van der Waals surface area contributed by atoms with Gasteiger partial charge in [0.15, 0.2) is 0 Å². The highest BCUT2D eigenvalue weighted by atomic mass is 19.1. The van der Waals surface area contributed by atoms with E-state index in [9.17, 15) is 8.78 Å². The lowest BCUT2D eigenvalue weighted by molar-refractivity contribution is 0.472. The predicted octanol–water partition coefficient (Wildman–Crippen LogP) is 4.43. The maximum atomic E-state index is 13.7. The quantitative estimate of drug-likeness (QED) is 0.869. The average Bonchev–Trinajstić information content (AvgIpc) is 2.85. The molecule has 1 aromatic heterocycles. The smallest absolute Gasteiger partial charge is 0.146 e. The molecule has 0 saturated heterocycles. The monoisotopic (exact) mass is 251 g/mol. The van der Waals surface area contributed by atoms with Gasteiger partial charge >= 0.3 is 0 Å². The van der Waals surface area contributed by atoms with Crippen molar-refractivity contribution in [2.24, 2.45) is 0 Å². The highest BCUT2D eigenvalue weighted by Gasteiger charge is 2.15. The number of nitrogens with one attached hydrogen (secondary N) is 1. The Morgan fingerprint density at radius 3 is 2.67 bits per heavy atom. The molecule has 0 radical (unpaired) electrons. The first kappa shape index (κ1) is 12.6. The molecule has 2 nitrogen and oxygen atoms in total. The van der Waals surface area contributed by atoms with E-state index in [0.29, 0.717) is 17.7 Å². The molecule has 2 aromatic rings. The summed E-state index contributed by atoms with van der Waals surface area (Å²) in [6.45, 7) is 3.48. The minimum atomic E-state index is -0.459. The van der Waals surface area contributed by atoms with Crippen LogP contribution in [0.1, 0.15) is 30.7 Å². The highest BCUT2D eigenvalue weighted by Crippen LogP contribution is 2.26. The van der Waals surface area contributed by atoms with Crippen LogP contribution in [0.25, 0.3) is 0 Å². The second kappa shape index (κ2) is 5.21. The Morgan fingerprint density at radius 1 is 1.28 bits per heavy atom. The molecule has 1 atom stereocenters. The van der Waals surface area contributed by atoms with Crippen LogP contribution < -0.4 is 5.32 Å². The summed E-state index contributed by atoms with van der Waals surface area (Å²) in [6.07, 6.45) is 2.27. The number of hydrogen-bond acceptors (Lipinski definition) is 2. The van der Waals surface area contributed by atoms with E-state index in [1.54, 1.807) is 12.3 Å². The van der Waals surface area contributed by atoms with Gasteiger partial charge in [0.25, 0.3) is 0 Å². The molecule has 0 spiro atoms. The maximum Gasteiger partial charge on any atom is 0.146 e. The van der Waals surface area contributed by atoms with Crippen LogP contribution in [0.4, 0.5) is 14.5 Å². The minimum absolute atomic E-state index is 0.154. The van der Waals surface area contributed by atoms with Crippen LogP contribution >= 0.6 is 0 Å². The fourth-order valence-electron chi connectivity index (χ4n) is 1.81. The topological polar surface area (TPSA) is 25.2 Å². The van der Waals surface area contributed by atoms with Gasteiger partial charge in [0, 0.05) is 6.07 Å². The number of furan rings is 1. The Labute approximate surface area is 105 Å². The summed E-state index contributed by atoms with van der Waals surface area (Å²) >= 11 is 0. The zero-order valence-electron chi connectivity index (χ0n) is 10.3. The number of aryl methyl sites for hydroxylation is 1. The maximum absolute atomic E-state index is 13.7. The molecular weight excluding hydrogens is 236 g/mol. The number of benzene rings is 1. The summed E-state index contributed by atoms with van der Waals surface area (Å²) in [5.41, 5.74) is 0.449. The van der Waals surface area contributed by atoms with Crippen molar-refractivity contribution in [1.29, 1.82) is 0 Å². The van der Waals surface area contributed by atoms with Crippen LogP contribution in [0.2, 0.25) is 0 Å². The van der Waals surface area contributed by atoms with Crippen LogP contribution in [0.5, 0.6) is 0 Å². The Balaban J connectivity index is 2.25. The van der Waals surface area contributed by atoms with Crippen LogP contribution in [0.15, 0.2) is 34.9 Å². The van der Waals surface area contributed by atoms with Crippen molar-refractivity contribution in [1.82, 2.24) is 0 Å². The Morgan fingerprint density at radius 2 is 2.06 bits per heavy atom. The first-order valence-corrected chi connectivity index (χ1v) is 5.87. The summed E-state index contributed by atoms with van der Waals surface area (Å²) in [5, 5.41) is 2.96. The van der Waals surface area contributed by atoms with Gasteiger partial charge in [-0.05, 0) is 37.1 Å². The molecule has 1 unspecified atom stereocenters. The zero-order valence-corrected chi connectivity index (χ0v) is 10.3. The molecule has 0 saturated carbocycles. The molecule has 96 valence electrons. The average molecular weight is 251 g/mol. The molecule has 1 aromatic carbocycles. The molecule has 0 fully saturated rings. The second-order valence-electron chi connectivity index (χ2n) is 4.20. The lowest BCUT2D eigenvalue weighted by atomic mass is 10.1. The number of anilines is 1. The normalized spacial score (nSPS) is 12.4. The predicted molar refractivity (Wildman–Crippen MR) is 66.5 cm³/mol. The molecule has 18 heavy (non-hydrogen) atoms.